The maximum atomic E-state index is 12.4. The molecule has 0 aliphatic rings. The maximum Gasteiger partial charge on any atom is 0.234 e. The molecule has 2 N–H and O–H groups in total. The van der Waals surface area contributed by atoms with Crippen LogP contribution in [0.15, 0.2) is 53.7 Å². The van der Waals surface area contributed by atoms with Crippen LogP contribution in [0.5, 0.6) is 0 Å². The van der Waals surface area contributed by atoms with E-state index in [1.54, 1.807) is 18.2 Å². The van der Waals surface area contributed by atoms with Gasteiger partial charge in [-0.2, -0.15) is 0 Å². The molecule has 3 aromatic rings. The van der Waals surface area contributed by atoms with Gasteiger partial charge in [0, 0.05) is 17.9 Å². The zero-order chi connectivity index (χ0) is 21.5. The number of hydrogen-bond acceptors (Lipinski definition) is 5. The molecule has 0 aliphatic carbocycles. The summed E-state index contributed by atoms with van der Waals surface area (Å²) in [6.07, 6.45) is 0.0395. The number of nitrogens with zero attached hydrogens (tertiary/aromatic N) is 3. The van der Waals surface area contributed by atoms with Crippen molar-refractivity contribution in [3.8, 4) is 0 Å². The van der Waals surface area contributed by atoms with Crippen LogP contribution in [0.3, 0.4) is 0 Å². The van der Waals surface area contributed by atoms with Gasteiger partial charge in [-0.25, -0.2) is 0 Å². The zero-order valence-corrected chi connectivity index (χ0v) is 18.4. The predicted octanol–water partition coefficient (Wildman–Crippen LogP) is 4.52. The number of para-hydroxylation sites is 1. The summed E-state index contributed by atoms with van der Waals surface area (Å²) in [4.78, 5) is 24.5. The van der Waals surface area contributed by atoms with Crippen molar-refractivity contribution >= 4 is 58.2 Å². The van der Waals surface area contributed by atoms with E-state index in [9.17, 15) is 9.59 Å². The van der Waals surface area contributed by atoms with Crippen molar-refractivity contribution in [1.29, 1.82) is 0 Å². The number of nitrogens with one attached hydrogen (secondary N) is 2. The van der Waals surface area contributed by atoms with Crippen molar-refractivity contribution in [2.24, 2.45) is 0 Å². The van der Waals surface area contributed by atoms with Gasteiger partial charge in [-0.1, -0.05) is 53.2 Å². The number of anilines is 2. The van der Waals surface area contributed by atoms with E-state index >= 15 is 0 Å². The van der Waals surface area contributed by atoms with E-state index in [1.807, 2.05) is 41.8 Å². The fourth-order valence-corrected chi connectivity index (χ4v) is 3.76. The standard InChI is InChI=1S/C20H19Cl2N5O2S/c1-2-27-17(11-18(28)24-14-8-9-15(21)16(22)10-14)25-26-20(27)30-12-19(29)23-13-6-4-3-5-7-13/h3-10H,2,11-12H2,1H3,(H,23,29)(H,24,28). The third-order valence-corrected chi connectivity index (χ3v) is 5.73. The first-order valence-corrected chi connectivity index (χ1v) is 10.8. The Morgan fingerprint density at radius 1 is 0.967 bits per heavy atom. The van der Waals surface area contributed by atoms with Crippen molar-refractivity contribution < 1.29 is 9.59 Å². The van der Waals surface area contributed by atoms with E-state index in [2.05, 4.69) is 20.8 Å². The van der Waals surface area contributed by atoms with Crippen molar-refractivity contribution in [1.82, 2.24) is 14.8 Å². The van der Waals surface area contributed by atoms with Gasteiger partial charge >= 0.3 is 0 Å². The van der Waals surface area contributed by atoms with Crippen molar-refractivity contribution in [2.45, 2.75) is 25.0 Å². The number of hydrogen-bond donors (Lipinski definition) is 2. The second-order valence-corrected chi connectivity index (χ2v) is 7.96. The van der Waals surface area contributed by atoms with Crippen molar-refractivity contribution in [3.63, 3.8) is 0 Å². The van der Waals surface area contributed by atoms with Gasteiger partial charge in [0.2, 0.25) is 11.8 Å². The van der Waals surface area contributed by atoms with Crippen LogP contribution >= 0.6 is 35.0 Å². The summed E-state index contributed by atoms with van der Waals surface area (Å²) >= 11 is 13.1. The summed E-state index contributed by atoms with van der Waals surface area (Å²) in [5.41, 5.74) is 1.28. The summed E-state index contributed by atoms with van der Waals surface area (Å²) < 4.78 is 1.81. The molecule has 1 aromatic heterocycles. The number of thioether (sulfide) groups is 1. The highest BCUT2D eigenvalue weighted by molar-refractivity contribution is 7.99. The van der Waals surface area contributed by atoms with E-state index in [0.29, 0.717) is 33.3 Å². The Balaban J connectivity index is 1.58. The number of benzene rings is 2. The van der Waals surface area contributed by atoms with Crippen LogP contribution in [0.25, 0.3) is 0 Å². The Morgan fingerprint density at radius 3 is 2.40 bits per heavy atom. The van der Waals surface area contributed by atoms with Gasteiger partial charge in [-0.15, -0.1) is 10.2 Å². The van der Waals surface area contributed by atoms with Crippen molar-refractivity contribution in [3.05, 3.63) is 64.4 Å². The molecule has 0 bridgehead atoms. The Bertz CT molecular complexity index is 1040. The fraction of sp³-hybridized carbons (Fsp3) is 0.200. The Labute approximate surface area is 188 Å². The molecule has 156 valence electrons. The first kappa shape index (κ1) is 22.1. The maximum absolute atomic E-state index is 12.4. The summed E-state index contributed by atoms with van der Waals surface area (Å²) in [6.45, 7) is 2.50. The largest absolute Gasteiger partial charge is 0.326 e. The van der Waals surface area contributed by atoms with Gasteiger partial charge in [-0.05, 0) is 37.3 Å². The number of carbonyl (C=O) groups excluding carboxylic acids is 2. The van der Waals surface area contributed by atoms with Gasteiger partial charge in [0.1, 0.15) is 5.82 Å². The molecular formula is C20H19Cl2N5O2S. The lowest BCUT2D eigenvalue weighted by atomic mass is 10.3. The third kappa shape index (κ3) is 5.98. The second-order valence-electron chi connectivity index (χ2n) is 6.20. The van der Waals surface area contributed by atoms with Gasteiger partial charge < -0.3 is 15.2 Å². The summed E-state index contributed by atoms with van der Waals surface area (Å²) in [5, 5.41) is 15.2. The van der Waals surface area contributed by atoms with Gasteiger partial charge in [0.25, 0.3) is 0 Å². The van der Waals surface area contributed by atoms with Crippen LogP contribution in [0.1, 0.15) is 12.7 Å². The first-order chi connectivity index (χ1) is 14.5. The summed E-state index contributed by atoms with van der Waals surface area (Å²) in [6, 6.07) is 14.1. The molecule has 0 fully saturated rings. The molecule has 1 heterocycles. The Kier molecular flexibility index (Phi) is 7.73. The molecule has 0 spiro atoms. The zero-order valence-electron chi connectivity index (χ0n) is 16.1. The van der Waals surface area contributed by atoms with Gasteiger partial charge in [0.15, 0.2) is 5.16 Å². The fourth-order valence-electron chi connectivity index (χ4n) is 2.65. The highest BCUT2D eigenvalue weighted by Crippen LogP contribution is 2.25. The molecule has 30 heavy (non-hydrogen) atoms. The third-order valence-electron chi connectivity index (χ3n) is 4.02. The van der Waals surface area contributed by atoms with Gasteiger partial charge in [0.05, 0.1) is 22.2 Å². The highest BCUT2D eigenvalue weighted by atomic mass is 35.5. The molecule has 0 radical (unpaired) electrons. The van der Waals surface area contributed by atoms with Crippen molar-refractivity contribution in [2.75, 3.05) is 16.4 Å². The van der Waals surface area contributed by atoms with E-state index in [0.717, 1.165) is 5.69 Å². The molecule has 0 saturated carbocycles. The number of carbonyl (C=O) groups is 2. The molecule has 0 unspecified atom stereocenters. The van der Waals surface area contributed by atoms with E-state index in [4.69, 9.17) is 23.2 Å². The van der Waals surface area contributed by atoms with Crippen LogP contribution in [-0.2, 0) is 22.6 Å². The number of aromatic nitrogens is 3. The van der Waals surface area contributed by atoms with E-state index in [1.165, 1.54) is 11.8 Å². The molecule has 7 nitrogen and oxygen atoms in total. The highest BCUT2D eigenvalue weighted by Gasteiger charge is 2.16. The minimum absolute atomic E-state index is 0.0395. The van der Waals surface area contributed by atoms with Crippen LogP contribution in [0, 0.1) is 0 Å². The number of amides is 2. The minimum Gasteiger partial charge on any atom is -0.326 e. The summed E-state index contributed by atoms with van der Waals surface area (Å²) in [5.74, 6) is 0.299. The SMILES string of the molecule is CCn1c(CC(=O)Nc2ccc(Cl)c(Cl)c2)nnc1SCC(=O)Nc1ccccc1. The Morgan fingerprint density at radius 2 is 1.70 bits per heavy atom. The Hall–Kier alpha value is -2.55. The van der Waals surface area contributed by atoms with E-state index < -0.39 is 0 Å². The molecule has 2 amide bonds. The van der Waals surface area contributed by atoms with Gasteiger partial charge in [-0.3, -0.25) is 9.59 Å². The minimum atomic E-state index is -0.256. The quantitative estimate of drug-likeness (QED) is 0.479. The number of rotatable bonds is 8. The molecule has 2 aromatic carbocycles. The first-order valence-electron chi connectivity index (χ1n) is 9.11. The molecule has 0 aliphatic heterocycles. The predicted molar refractivity (Wildman–Crippen MR) is 120 cm³/mol. The molecule has 3 rings (SSSR count). The average Bonchev–Trinajstić information content (AvgIpc) is 3.11. The topological polar surface area (TPSA) is 88.9 Å². The lowest BCUT2D eigenvalue weighted by Crippen LogP contribution is -2.18. The molecule has 0 atom stereocenters. The normalized spacial score (nSPS) is 10.6. The van der Waals surface area contributed by atoms with Crippen LogP contribution in [-0.4, -0.2) is 32.3 Å². The smallest absolute Gasteiger partial charge is 0.234 e. The molecule has 0 saturated heterocycles. The average molecular weight is 464 g/mol. The lowest BCUT2D eigenvalue weighted by molar-refractivity contribution is -0.116. The van der Waals surface area contributed by atoms with Crippen LogP contribution in [0.4, 0.5) is 11.4 Å². The van der Waals surface area contributed by atoms with E-state index in [-0.39, 0.29) is 24.0 Å². The van der Waals surface area contributed by atoms with Crippen LogP contribution < -0.4 is 10.6 Å². The number of halogens is 2. The molecule has 10 heteroatoms. The second kappa shape index (κ2) is 10.5. The molecular weight excluding hydrogens is 445 g/mol. The van der Waals surface area contributed by atoms with Crippen LogP contribution in [0.2, 0.25) is 10.0 Å². The summed E-state index contributed by atoms with van der Waals surface area (Å²) in [7, 11) is 0. The lowest BCUT2D eigenvalue weighted by Gasteiger charge is -2.09. The monoisotopic (exact) mass is 463 g/mol.